The zero-order valence-electron chi connectivity index (χ0n) is 12.3. The summed E-state index contributed by atoms with van der Waals surface area (Å²) in [5, 5.41) is 17.4. The molecule has 1 atom stereocenters. The number of anilines is 3. The van der Waals surface area contributed by atoms with Gasteiger partial charge in [0.25, 0.3) is 0 Å². The highest BCUT2D eigenvalue weighted by molar-refractivity contribution is 5.75. The second kappa shape index (κ2) is 4.99. The van der Waals surface area contributed by atoms with Crippen molar-refractivity contribution < 1.29 is 5.11 Å². The van der Waals surface area contributed by atoms with Gasteiger partial charge in [-0.25, -0.2) is 9.50 Å². The Hall–Kier alpha value is -2.60. The largest absolute Gasteiger partial charge is 0.374 e. The Morgan fingerprint density at radius 1 is 1.32 bits per heavy atom. The molecule has 1 aliphatic rings. The number of hydrogen-bond acceptors (Lipinski definition) is 5. The molecule has 22 heavy (non-hydrogen) atoms. The van der Waals surface area contributed by atoms with Crippen molar-refractivity contribution in [3.63, 3.8) is 0 Å². The van der Waals surface area contributed by atoms with Crippen LogP contribution in [-0.4, -0.2) is 32.5 Å². The molecular weight excluding hydrogens is 278 g/mol. The Morgan fingerprint density at radius 3 is 3.09 bits per heavy atom. The van der Waals surface area contributed by atoms with E-state index in [0.29, 0.717) is 0 Å². The fraction of sp³-hybridized carbons (Fsp3) is 0.250. The minimum Gasteiger partial charge on any atom is -0.374 e. The van der Waals surface area contributed by atoms with Gasteiger partial charge in [0.2, 0.25) is 0 Å². The summed E-state index contributed by atoms with van der Waals surface area (Å²) in [7, 11) is 0. The van der Waals surface area contributed by atoms with Crippen molar-refractivity contribution in [2.24, 2.45) is 0 Å². The number of benzene rings is 1. The summed E-state index contributed by atoms with van der Waals surface area (Å²) in [6.45, 7) is 2.65. The van der Waals surface area contributed by atoms with E-state index in [9.17, 15) is 5.11 Å². The zero-order chi connectivity index (χ0) is 15.1. The molecule has 3 aromatic rings. The standard InChI is InChI=1S/C16H17N5O/c1-11(22)20-8-6-12-4-5-13(9-15(12)20)19-16-14-3-2-7-21(14)18-10-17-16/h2-5,7,9-11,22H,6,8H2,1H3,(H,17,18,19). The summed E-state index contributed by atoms with van der Waals surface area (Å²) in [5.74, 6) is 0.765. The van der Waals surface area contributed by atoms with Crippen molar-refractivity contribution in [1.82, 2.24) is 14.6 Å². The van der Waals surface area contributed by atoms with Crippen LogP contribution < -0.4 is 10.2 Å². The third-order valence-electron chi connectivity index (χ3n) is 4.06. The fourth-order valence-corrected chi connectivity index (χ4v) is 2.97. The van der Waals surface area contributed by atoms with Crippen LogP contribution in [0, 0.1) is 0 Å². The Bertz CT molecular complexity index is 826. The summed E-state index contributed by atoms with van der Waals surface area (Å²) < 4.78 is 1.78. The Labute approximate surface area is 128 Å². The van der Waals surface area contributed by atoms with Gasteiger partial charge in [-0.1, -0.05) is 6.07 Å². The van der Waals surface area contributed by atoms with Crippen molar-refractivity contribution in [2.45, 2.75) is 19.6 Å². The van der Waals surface area contributed by atoms with E-state index in [2.05, 4.69) is 27.5 Å². The van der Waals surface area contributed by atoms with Crippen molar-refractivity contribution in [1.29, 1.82) is 0 Å². The predicted octanol–water partition coefficient (Wildman–Crippen LogP) is 2.17. The van der Waals surface area contributed by atoms with E-state index in [1.165, 1.54) is 11.9 Å². The maximum absolute atomic E-state index is 9.87. The minimum absolute atomic E-state index is 0.479. The second-order valence-electron chi connectivity index (χ2n) is 5.49. The lowest BCUT2D eigenvalue weighted by molar-refractivity contribution is 0.191. The molecule has 1 aromatic carbocycles. The van der Waals surface area contributed by atoms with E-state index >= 15 is 0 Å². The number of nitrogens with zero attached hydrogens (tertiary/aromatic N) is 4. The van der Waals surface area contributed by atoms with Gasteiger partial charge in [-0.05, 0) is 43.2 Å². The average molecular weight is 295 g/mol. The molecule has 4 rings (SSSR count). The molecule has 112 valence electrons. The lowest BCUT2D eigenvalue weighted by atomic mass is 10.1. The van der Waals surface area contributed by atoms with E-state index in [-0.39, 0.29) is 0 Å². The van der Waals surface area contributed by atoms with Crippen LogP contribution in [-0.2, 0) is 6.42 Å². The van der Waals surface area contributed by atoms with E-state index in [1.54, 1.807) is 11.4 Å². The van der Waals surface area contributed by atoms with Crippen LogP contribution in [0.5, 0.6) is 0 Å². The monoisotopic (exact) mass is 295 g/mol. The number of hydrogen-bond donors (Lipinski definition) is 2. The third kappa shape index (κ3) is 2.08. The Balaban J connectivity index is 1.70. The van der Waals surface area contributed by atoms with Crippen molar-refractivity contribution in [2.75, 3.05) is 16.8 Å². The molecule has 0 fully saturated rings. The Morgan fingerprint density at radius 2 is 2.23 bits per heavy atom. The molecule has 0 aliphatic carbocycles. The third-order valence-corrected chi connectivity index (χ3v) is 4.06. The molecule has 1 aliphatic heterocycles. The summed E-state index contributed by atoms with van der Waals surface area (Å²) in [5.41, 5.74) is 4.23. The van der Waals surface area contributed by atoms with Crippen LogP contribution in [0.4, 0.5) is 17.2 Å². The van der Waals surface area contributed by atoms with Crippen molar-refractivity contribution in [3.05, 3.63) is 48.4 Å². The van der Waals surface area contributed by atoms with Crippen LogP contribution in [0.3, 0.4) is 0 Å². The van der Waals surface area contributed by atoms with Gasteiger partial charge in [-0.3, -0.25) is 0 Å². The number of aliphatic hydroxyl groups excluding tert-OH is 1. The van der Waals surface area contributed by atoms with E-state index < -0.39 is 6.23 Å². The van der Waals surface area contributed by atoms with Gasteiger partial charge in [0.1, 0.15) is 18.1 Å². The number of rotatable bonds is 3. The van der Waals surface area contributed by atoms with Gasteiger partial charge in [0, 0.05) is 24.1 Å². The average Bonchev–Trinajstić information content (AvgIpc) is 3.13. The quantitative estimate of drug-likeness (QED) is 0.775. The van der Waals surface area contributed by atoms with Crippen LogP contribution in [0.25, 0.3) is 5.52 Å². The molecule has 6 heteroatoms. The van der Waals surface area contributed by atoms with Crippen molar-refractivity contribution in [3.8, 4) is 0 Å². The van der Waals surface area contributed by atoms with Gasteiger partial charge in [-0.2, -0.15) is 5.10 Å². The first kappa shape index (κ1) is 13.1. The number of nitrogens with one attached hydrogen (secondary N) is 1. The summed E-state index contributed by atoms with van der Waals surface area (Å²) in [6.07, 6.45) is 3.91. The number of aromatic nitrogens is 3. The van der Waals surface area contributed by atoms with Gasteiger partial charge in [0.05, 0.1) is 0 Å². The topological polar surface area (TPSA) is 65.7 Å². The van der Waals surface area contributed by atoms with Crippen LogP contribution in [0.1, 0.15) is 12.5 Å². The van der Waals surface area contributed by atoms with Crippen molar-refractivity contribution >= 4 is 22.7 Å². The number of fused-ring (bicyclic) bond motifs is 2. The lowest BCUT2D eigenvalue weighted by Gasteiger charge is -2.23. The minimum atomic E-state index is -0.479. The van der Waals surface area contributed by atoms with Gasteiger partial charge >= 0.3 is 0 Å². The van der Waals surface area contributed by atoms with Gasteiger partial charge in [-0.15, -0.1) is 0 Å². The summed E-state index contributed by atoms with van der Waals surface area (Å²) in [6, 6.07) is 10.1. The van der Waals surface area contributed by atoms with E-state index in [1.807, 2.05) is 29.3 Å². The van der Waals surface area contributed by atoms with E-state index in [4.69, 9.17) is 0 Å². The normalized spacial score (nSPS) is 15.1. The highest BCUT2D eigenvalue weighted by atomic mass is 16.3. The predicted molar refractivity (Wildman–Crippen MR) is 85.4 cm³/mol. The summed E-state index contributed by atoms with van der Waals surface area (Å²) in [4.78, 5) is 6.32. The molecule has 0 saturated carbocycles. The first-order valence-electron chi connectivity index (χ1n) is 7.35. The maximum atomic E-state index is 9.87. The first-order chi connectivity index (χ1) is 10.7. The summed E-state index contributed by atoms with van der Waals surface area (Å²) >= 11 is 0. The first-order valence-corrected chi connectivity index (χ1v) is 7.35. The molecule has 0 spiro atoms. The van der Waals surface area contributed by atoms with Gasteiger partial charge < -0.3 is 15.3 Å². The van der Waals surface area contributed by atoms with E-state index in [0.717, 1.165) is 35.7 Å². The molecule has 2 aromatic heterocycles. The lowest BCUT2D eigenvalue weighted by Crippen LogP contribution is -2.30. The second-order valence-corrected chi connectivity index (χ2v) is 5.49. The van der Waals surface area contributed by atoms with Crippen LogP contribution in [0.15, 0.2) is 42.9 Å². The molecule has 3 heterocycles. The molecule has 0 radical (unpaired) electrons. The van der Waals surface area contributed by atoms with Crippen LogP contribution >= 0.6 is 0 Å². The van der Waals surface area contributed by atoms with Gasteiger partial charge in [0.15, 0.2) is 5.82 Å². The zero-order valence-corrected chi connectivity index (χ0v) is 12.3. The molecule has 6 nitrogen and oxygen atoms in total. The SMILES string of the molecule is CC(O)N1CCc2ccc(Nc3ncnn4cccc34)cc21. The maximum Gasteiger partial charge on any atom is 0.158 e. The fourth-order valence-electron chi connectivity index (χ4n) is 2.97. The highest BCUT2D eigenvalue weighted by Gasteiger charge is 2.22. The molecule has 2 N–H and O–H groups in total. The Kier molecular flexibility index (Phi) is 2.97. The molecule has 0 amide bonds. The molecule has 0 bridgehead atoms. The number of aliphatic hydroxyl groups is 1. The van der Waals surface area contributed by atoms with Crippen LogP contribution in [0.2, 0.25) is 0 Å². The highest BCUT2D eigenvalue weighted by Crippen LogP contribution is 2.33. The molecular formula is C16H17N5O. The molecule has 0 saturated heterocycles. The molecule has 1 unspecified atom stereocenters. The smallest absolute Gasteiger partial charge is 0.158 e.